The first-order valence-corrected chi connectivity index (χ1v) is 23.1. The molecule has 0 saturated carbocycles. The molecule has 0 amide bonds. The Labute approximate surface area is 176 Å². The van der Waals surface area contributed by atoms with E-state index in [1.807, 2.05) is 0 Å². The summed E-state index contributed by atoms with van der Waals surface area (Å²) in [5.41, 5.74) is 0. The number of rotatable bonds is 16. The van der Waals surface area contributed by atoms with Crippen LogP contribution >= 0.6 is 0 Å². The molecule has 0 bridgehead atoms. The van der Waals surface area contributed by atoms with E-state index in [0.717, 1.165) is 66.7 Å². The molecule has 0 fully saturated rings. The maximum absolute atomic E-state index is 12.4. The second-order valence-electron chi connectivity index (χ2n) is 7.31. The molecule has 0 rings (SSSR count). The first kappa shape index (κ1) is 27.0. The molecule has 0 aliphatic rings. The first-order chi connectivity index (χ1) is 13.0. The van der Waals surface area contributed by atoms with Gasteiger partial charge in [0.25, 0.3) is 0 Å². The zero-order valence-electron chi connectivity index (χ0n) is 17.8. The summed E-state index contributed by atoms with van der Waals surface area (Å²) in [6.07, 6.45) is 8.84. The molecule has 0 aromatic heterocycles. The van der Waals surface area contributed by atoms with Crippen LogP contribution < -0.4 is 0 Å². The van der Waals surface area contributed by atoms with E-state index < -0.39 is 38.0 Å². The molecule has 0 aliphatic heterocycles. The van der Waals surface area contributed by atoms with E-state index in [0.29, 0.717) is 10.9 Å². The molecule has 0 heterocycles. The standard InChI is InChI=1S/C6H12O2.3C4H9.2CN.O.2Sn/c1-2-3-4-5-6(7)8;3*1-3-4-2;2*1-2;;;/h2-5H2,1H3,(H,7,8);3*1,3-4H2,2H3;;;;;/q;;;;;;;;+1/p-1. The van der Waals surface area contributed by atoms with Gasteiger partial charge in [0, 0.05) is 0 Å². The summed E-state index contributed by atoms with van der Waals surface area (Å²) in [6, 6.07) is 0. The number of hydrogen-bond acceptors (Lipinski definition) is 5. The van der Waals surface area contributed by atoms with Crippen LogP contribution in [0.25, 0.3) is 0 Å². The summed E-state index contributed by atoms with van der Waals surface area (Å²) < 4.78 is 19.5. The van der Waals surface area contributed by atoms with Crippen LogP contribution in [0.2, 0.25) is 13.3 Å². The van der Waals surface area contributed by atoms with Crippen molar-refractivity contribution in [3.8, 4) is 8.17 Å². The number of nitrogens with zero attached hydrogens (tertiary/aromatic N) is 2. The van der Waals surface area contributed by atoms with Crippen LogP contribution in [0.4, 0.5) is 0 Å². The molecule has 0 aliphatic carbocycles. The van der Waals surface area contributed by atoms with Crippen LogP contribution in [-0.2, 0) is 9.28 Å². The predicted molar refractivity (Wildman–Crippen MR) is 113 cm³/mol. The van der Waals surface area contributed by atoms with Gasteiger partial charge in [-0.3, -0.25) is 0 Å². The second-order valence-corrected chi connectivity index (χ2v) is 27.9. The fourth-order valence-corrected chi connectivity index (χ4v) is 37.6. The van der Waals surface area contributed by atoms with Gasteiger partial charge >= 0.3 is 177 Å². The molecular weight excluding hydrogens is 554 g/mol. The summed E-state index contributed by atoms with van der Waals surface area (Å²) in [7, 11) is 0. The van der Waals surface area contributed by atoms with E-state index in [1.54, 1.807) is 0 Å². The average molecular weight is 592 g/mol. The topological polar surface area (TPSA) is 83.1 Å². The first-order valence-electron chi connectivity index (χ1n) is 10.7. The second kappa shape index (κ2) is 15.9. The number of carbonyl (C=O) groups excluding carboxylic acids is 1. The fourth-order valence-electron chi connectivity index (χ4n) is 2.99. The minimum absolute atomic E-state index is 0.291. The van der Waals surface area contributed by atoms with Crippen molar-refractivity contribution in [1.82, 2.24) is 0 Å². The molecule has 27 heavy (non-hydrogen) atoms. The van der Waals surface area contributed by atoms with Gasteiger partial charge in [-0.05, 0) is 0 Å². The van der Waals surface area contributed by atoms with Gasteiger partial charge < -0.3 is 0 Å². The van der Waals surface area contributed by atoms with Crippen LogP contribution in [0.15, 0.2) is 0 Å². The summed E-state index contributed by atoms with van der Waals surface area (Å²) >= 11 is -7.86. The fraction of sp³-hybridized carbons (Fsp3) is 0.850. The zero-order valence-corrected chi connectivity index (χ0v) is 23.5. The van der Waals surface area contributed by atoms with E-state index in [2.05, 4.69) is 35.9 Å². The van der Waals surface area contributed by atoms with Gasteiger partial charge in [0.1, 0.15) is 0 Å². The Morgan fingerprint density at radius 3 is 1.74 bits per heavy atom. The Balaban J connectivity index is 5.50. The van der Waals surface area contributed by atoms with Crippen molar-refractivity contribution < 1.29 is 9.28 Å². The van der Waals surface area contributed by atoms with Crippen molar-refractivity contribution in [2.24, 2.45) is 0 Å². The van der Waals surface area contributed by atoms with Gasteiger partial charge in [-0.1, -0.05) is 0 Å². The van der Waals surface area contributed by atoms with E-state index in [-0.39, 0.29) is 5.97 Å². The Kier molecular flexibility index (Phi) is 15.9. The Hall–Kier alpha value is 0.00740. The molecule has 7 heteroatoms. The number of carbonyl (C=O) groups is 1. The molecule has 0 spiro atoms. The molecular formula is C20H38N2O3Sn2. The van der Waals surface area contributed by atoms with Crippen LogP contribution in [0.1, 0.15) is 91.9 Å². The predicted octanol–water partition coefficient (Wildman–Crippen LogP) is 6.04. The SMILES string of the molecule is CCCCCC(=O)[O][Sn]([C]#N)([CH2]CCC)[O][Sn]([C]#N)([CH2]CCC)[CH2]CCC. The van der Waals surface area contributed by atoms with E-state index in [4.69, 9.17) is 4.49 Å². The molecule has 1 atom stereocenters. The normalized spacial score (nSPS) is 13.4. The molecule has 0 N–H and O–H groups in total. The number of unbranched alkanes of at least 4 members (excludes halogenated alkanes) is 5. The molecule has 154 valence electrons. The number of hydrogen-bond donors (Lipinski definition) is 0. The summed E-state index contributed by atoms with van der Waals surface area (Å²) in [4.78, 5) is 12.4. The van der Waals surface area contributed by atoms with Gasteiger partial charge in [-0.2, -0.15) is 0 Å². The van der Waals surface area contributed by atoms with Crippen LogP contribution in [0.3, 0.4) is 0 Å². The van der Waals surface area contributed by atoms with E-state index in [1.165, 1.54) is 0 Å². The van der Waals surface area contributed by atoms with Crippen molar-refractivity contribution in [2.75, 3.05) is 0 Å². The maximum atomic E-state index is 12.4. The Bertz CT molecular complexity index is 494. The molecule has 5 nitrogen and oxygen atoms in total. The number of nitriles is 2. The van der Waals surface area contributed by atoms with Crippen molar-refractivity contribution >= 4 is 44.0 Å². The molecule has 0 aromatic rings. The van der Waals surface area contributed by atoms with Gasteiger partial charge in [0.05, 0.1) is 0 Å². The van der Waals surface area contributed by atoms with E-state index >= 15 is 0 Å². The average Bonchev–Trinajstić information content (AvgIpc) is 2.68. The Morgan fingerprint density at radius 2 is 1.30 bits per heavy atom. The van der Waals surface area contributed by atoms with E-state index in [9.17, 15) is 15.3 Å². The van der Waals surface area contributed by atoms with Crippen LogP contribution in [0.5, 0.6) is 0 Å². The third-order valence-electron chi connectivity index (χ3n) is 4.73. The summed E-state index contributed by atoms with van der Waals surface area (Å²) in [5.74, 6) is -0.291. The quantitative estimate of drug-likeness (QED) is 0.161. The molecule has 1 unspecified atom stereocenters. The monoisotopic (exact) mass is 594 g/mol. The van der Waals surface area contributed by atoms with Crippen molar-refractivity contribution in [2.45, 2.75) is 105 Å². The Morgan fingerprint density at radius 1 is 0.778 bits per heavy atom. The third-order valence-corrected chi connectivity index (χ3v) is 33.8. The molecule has 0 saturated heterocycles. The van der Waals surface area contributed by atoms with Crippen LogP contribution in [-0.4, -0.2) is 44.0 Å². The van der Waals surface area contributed by atoms with Gasteiger partial charge in [-0.15, -0.1) is 0 Å². The van der Waals surface area contributed by atoms with Gasteiger partial charge in [0.15, 0.2) is 0 Å². The van der Waals surface area contributed by atoms with Crippen molar-refractivity contribution in [3.63, 3.8) is 0 Å². The zero-order chi connectivity index (χ0) is 20.6. The van der Waals surface area contributed by atoms with Crippen molar-refractivity contribution in [1.29, 1.82) is 10.5 Å². The van der Waals surface area contributed by atoms with Crippen LogP contribution in [0, 0.1) is 18.7 Å². The van der Waals surface area contributed by atoms with Gasteiger partial charge in [0.2, 0.25) is 0 Å². The molecule has 0 radical (unpaired) electrons. The molecule has 0 aromatic carbocycles. The minimum atomic E-state index is -4.25. The third kappa shape index (κ3) is 10.9. The van der Waals surface area contributed by atoms with Gasteiger partial charge in [-0.25, -0.2) is 0 Å². The summed E-state index contributed by atoms with van der Waals surface area (Å²) in [5, 5.41) is 20.0. The van der Waals surface area contributed by atoms with Crippen molar-refractivity contribution in [3.05, 3.63) is 0 Å². The summed E-state index contributed by atoms with van der Waals surface area (Å²) in [6.45, 7) is 8.37.